The first-order valence-electron chi connectivity index (χ1n) is 12.5. The number of carbonyl (C=O) groups is 2. The van der Waals surface area contributed by atoms with Crippen molar-refractivity contribution < 1.29 is 14.7 Å². The summed E-state index contributed by atoms with van der Waals surface area (Å²) in [4.78, 5) is 38.3. The van der Waals surface area contributed by atoms with E-state index in [0.717, 1.165) is 42.6 Å². The highest BCUT2D eigenvalue weighted by molar-refractivity contribution is 7.17. The number of anilines is 1. The Hall–Kier alpha value is -2.52. The third-order valence-corrected chi connectivity index (χ3v) is 7.94. The number of hydrogen-bond donors (Lipinski definition) is 3. The molecular weight excluding hydrogens is 462 g/mol. The number of likely N-dealkylation sites (tertiary alicyclic amines) is 1. The minimum Gasteiger partial charge on any atom is -0.388 e. The van der Waals surface area contributed by atoms with Crippen LogP contribution in [0.1, 0.15) is 93.1 Å². The summed E-state index contributed by atoms with van der Waals surface area (Å²) >= 11 is 1.19. The van der Waals surface area contributed by atoms with Crippen LogP contribution in [-0.4, -0.2) is 62.1 Å². The highest BCUT2D eigenvalue weighted by atomic mass is 32.1. The molecule has 2 aromatic rings. The van der Waals surface area contributed by atoms with Gasteiger partial charge in [0.05, 0.1) is 16.5 Å². The van der Waals surface area contributed by atoms with Crippen molar-refractivity contribution in [3.63, 3.8) is 0 Å². The van der Waals surface area contributed by atoms with Gasteiger partial charge < -0.3 is 20.6 Å². The van der Waals surface area contributed by atoms with Gasteiger partial charge in [-0.15, -0.1) is 11.3 Å². The lowest BCUT2D eigenvalue weighted by Crippen LogP contribution is -2.47. The van der Waals surface area contributed by atoms with Crippen LogP contribution < -0.4 is 10.6 Å². The second kappa shape index (κ2) is 11.0. The fraction of sp³-hybridized carbons (Fsp3) is 0.615. The van der Waals surface area contributed by atoms with E-state index in [0.29, 0.717) is 17.5 Å². The summed E-state index contributed by atoms with van der Waals surface area (Å²) in [6.45, 7) is 14.0. The average molecular weight is 502 g/mol. The number of nitrogens with one attached hydrogen (secondary N) is 2. The van der Waals surface area contributed by atoms with Crippen LogP contribution in [-0.2, 0) is 0 Å². The van der Waals surface area contributed by atoms with Gasteiger partial charge in [-0.1, -0.05) is 6.92 Å². The third kappa shape index (κ3) is 6.38. The van der Waals surface area contributed by atoms with Crippen LogP contribution in [0.4, 0.5) is 5.82 Å². The third-order valence-electron chi connectivity index (χ3n) is 6.86. The van der Waals surface area contributed by atoms with Crippen LogP contribution in [0.5, 0.6) is 0 Å². The summed E-state index contributed by atoms with van der Waals surface area (Å²) in [6, 6.07) is 1.90. The quantitative estimate of drug-likeness (QED) is 0.487. The molecule has 9 heteroatoms. The molecule has 8 nitrogen and oxygen atoms in total. The summed E-state index contributed by atoms with van der Waals surface area (Å²) in [5, 5.41) is 16.6. The largest absolute Gasteiger partial charge is 0.388 e. The Morgan fingerprint density at radius 1 is 1.31 bits per heavy atom. The van der Waals surface area contributed by atoms with Crippen LogP contribution in [0.15, 0.2) is 12.3 Å². The number of nitrogens with zero attached hydrogens (tertiary/aromatic N) is 3. The van der Waals surface area contributed by atoms with Gasteiger partial charge in [0, 0.05) is 30.4 Å². The minimum atomic E-state index is -1.09. The van der Waals surface area contributed by atoms with E-state index in [4.69, 9.17) is 0 Å². The number of aliphatic hydroxyl groups is 1. The lowest BCUT2D eigenvalue weighted by molar-refractivity contribution is 0.0408. The Labute approximate surface area is 212 Å². The summed E-state index contributed by atoms with van der Waals surface area (Å²) in [5.41, 5.74) is 0.945. The van der Waals surface area contributed by atoms with Gasteiger partial charge in [0.15, 0.2) is 5.01 Å². The topological polar surface area (TPSA) is 107 Å². The first kappa shape index (κ1) is 27.1. The fourth-order valence-corrected chi connectivity index (χ4v) is 4.98. The van der Waals surface area contributed by atoms with E-state index in [2.05, 4.69) is 41.4 Å². The van der Waals surface area contributed by atoms with Crippen LogP contribution in [0.2, 0.25) is 0 Å². The predicted molar refractivity (Wildman–Crippen MR) is 141 cm³/mol. The van der Waals surface area contributed by atoms with Gasteiger partial charge in [-0.05, 0) is 78.9 Å². The van der Waals surface area contributed by atoms with E-state index >= 15 is 0 Å². The van der Waals surface area contributed by atoms with Crippen molar-refractivity contribution in [2.45, 2.75) is 97.9 Å². The summed E-state index contributed by atoms with van der Waals surface area (Å²) < 4.78 is 0. The number of amides is 2. The molecule has 3 rings (SSSR count). The van der Waals surface area contributed by atoms with E-state index in [1.54, 1.807) is 27.0 Å². The maximum atomic E-state index is 13.6. The zero-order valence-corrected chi connectivity index (χ0v) is 22.8. The van der Waals surface area contributed by atoms with Crippen LogP contribution in [0.25, 0.3) is 10.4 Å². The van der Waals surface area contributed by atoms with Gasteiger partial charge in [-0.3, -0.25) is 9.59 Å². The number of aryl methyl sites for hydroxylation is 1. The smallest absolute Gasteiger partial charge is 0.280 e. The van der Waals surface area contributed by atoms with Crippen molar-refractivity contribution in [2.75, 3.05) is 11.9 Å². The molecule has 1 aliphatic rings. The normalized spacial score (nSPS) is 18.2. The number of pyridine rings is 1. The Balaban J connectivity index is 2.02. The zero-order chi connectivity index (χ0) is 25.9. The van der Waals surface area contributed by atoms with E-state index in [1.165, 1.54) is 11.3 Å². The van der Waals surface area contributed by atoms with Crippen molar-refractivity contribution in [1.82, 2.24) is 20.2 Å². The Kier molecular flexibility index (Phi) is 8.54. The van der Waals surface area contributed by atoms with Gasteiger partial charge in [-0.2, -0.15) is 0 Å². The molecule has 1 fully saturated rings. The fourth-order valence-electron chi connectivity index (χ4n) is 3.94. The number of hydrogen-bond acceptors (Lipinski definition) is 7. The molecule has 3 heterocycles. The second-order valence-electron chi connectivity index (χ2n) is 10.2. The Morgan fingerprint density at radius 3 is 2.63 bits per heavy atom. The van der Waals surface area contributed by atoms with E-state index in [9.17, 15) is 14.7 Å². The molecule has 35 heavy (non-hydrogen) atoms. The van der Waals surface area contributed by atoms with Crippen molar-refractivity contribution >= 4 is 29.0 Å². The van der Waals surface area contributed by atoms with Crippen LogP contribution in [0.3, 0.4) is 0 Å². The van der Waals surface area contributed by atoms with Gasteiger partial charge >= 0.3 is 0 Å². The monoisotopic (exact) mass is 501 g/mol. The highest BCUT2D eigenvalue weighted by Crippen LogP contribution is 2.35. The summed E-state index contributed by atoms with van der Waals surface area (Å²) in [5.74, 6) is 0.219. The van der Waals surface area contributed by atoms with Crippen LogP contribution >= 0.6 is 11.3 Å². The second-order valence-corrected chi connectivity index (χ2v) is 11.2. The molecule has 0 radical (unpaired) electrons. The number of carbonyl (C=O) groups excluding carboxylic acids is 2. The number of aromatic nitrogens is 2. The number of piperidine rings is 1. The summed E-state index contributed by atoms with van der Waals surface area (Å²) in [7, 11) is 0. The lowest BCUT2D eigenvalue weighted by atomic mass is 10.0. The van der Waals surface area contributed by atoms with Crippen molar-refractivity contribution in [2.24, 2.45) is 0 Å². The molecule has 0 aromatic carbocycles. The predicted octanol–water partition coefficient (Wildman–Crippen LogP) is 4.63. The maximum absolute atomic E-state index is 13.6. The lowest BCUT2D eigenvalue weighted by Gasteiger charge is -2.33. The Morgan fingerprint density at radius 2 is 2.03 bits per heavy atom. The SMILES string of the molecule is CC[C@@H](C)Nc1cc(C)c(-c2sc(C(=O)N[C@H](C)C(C)(C)O)nc2C(=O)N2CCCC[C@@H]2C)cn1. The molecule has 192 valence electrons. The molecule has 0 bridgehead atoms. The van der Waals surface area contributed by atoms with Gasteiger partial charge in [0.2, 0.25) is 0 Å². The van der Waals surface area contributed by atoms with Crippen molar-refractivity contribution in [3.8, 4) is 10.4 Å². The molecule has 3 N–H and O–H groups in total. The molecular formula is C26H39N5O3S. The van der Waals surface area contributed by atoms with E-state index in [-0.39, 0.29) is 22.7 Å². The molecule has 0 spiro atoms. The highest BCUT2D eigenvalue weighted by Gasteiger charge is 2.32. The maximum Gasteiger partial charge on any atom is 0.280 e. The van der Waals surface area contributed by atoms with E-state index in [1.807, 2.05) is 17.9 Å². The number of thiazole rings is 1. The number of rotatable bonds is 8. The molecule has 3 atom stereocenters. The first-order chi connectivity index (χ1) is 16.4. The average Bonchev–Trinajstić information content (AvgIpc) is 3.23. The molecule has 0 unspecified atom stereocenters. The molecule has 0 aliphatic carbocycles. The minimum absolute atomic E-state index is 0.125. The van der Waals surface area contributed by atoms with Crippen LogP contribution in [0, 0.1) is 6.92 Å². The van der Waals surface area contributed by atoms with Gasteiger partial charge in [-0.25, -0.2) is 9.97 Å². The molecule has 2 aromatic heterocycles. The Bertz CT molecular complexity index is 1060. The summed E-state index contributed by atoms with van der Waals surface area (Å²) in [6.07, 6.45) is 5.75. The molecule has 2 amide bonds. The standard InChI is InChI=1S/C26H39N5O3S/c1-8-16(3)28-20-13-15(2)19(14-27-20)22-21(25(33)31-12-10-9-11-17(31)4)30-24(35-22)23(32)29-18(5)26(6,7)34/h13-14,16-18,34H,8-12H2,1-7H3,(H,27,28)(H,29,32)/t16-,17+,18-/m1/s1. The molecule has 1 saturated heterocycles. The van der Waals surface area contributed by atoms with Crippen molar-refractivity contribution in [1.29, 1.82) is 0 Å². The van der Waals surface area contributed by atoms with Gasteiger partial charge in [0.1, 0.15) is 11.5 Å². The zero-order valence-electron chi connectivity index (χ0n) is 21.9. The van der Waals surface area contributed by atoms with Gasteiger partial charge in [0.25, 0.3) is 11.8 Å². The molecule has 0 saturated carbocycles. The van der Waals surface area contributed by atoms with E-state index < -0.39 is 17.6 Å². The first-order valence-corrected chi connectivity index (χ1v) is 13.3. The van der Waals surface area contributed by atoms with Crippen molar-refractivity contribution in [3.05, 3.63) is 28.5 Å². The molecule has 1 aliphatic heterocycles.